The minimum absolute atomic E-state index is 0.632. The van der Waals surface area contributed by atoms with Gasteiger partial charge in [0, 0.05) is 25.2 Å². The smallest absolute Gasteiger partial charge is 0.0400 e. The second kappa shape index (κ2) is 4.49. The first-order valence-corrected chi connectivity index (χ1v) is 6.59. The molecule has 2 aromatic carbocycles. The third-order valence-electron chi connectivity index (χ3n) is 3.85. The lowest BCUT2D eigenvalue weighted by atomic mass is 9.93. The first-order valence-electron chi connectivity index (χ1n) is 6.59. The summed E-state index contributed by atoms with van der Waals surface area (Å²) < 4.78 is 0. The third kappa shape index (κ3) is 2.01. The van der Waals surface area contributed by atoms with Crippen LogP contribution >= 0.6 is 0 Å². The normalized spacial score (nSPS) is 17.9. The van der Waals surface area contributed by atoms with Crippen molar-refractivity contribution in [1.29, 1.82) is 0 Å². The number of benzene rings is 2. The van der Waals surface area contributed by atoms with Gasteiger partial charge in [0.05, 0.1) is 0 Å². The van der Waals surface area contributed by atoms with Crippen molar-refractivity contribution in [2.75, 3.05) is 18.5 Å². The van der Waals surface area contributed by atoms with Gasteiger partial charge in [-0.05, 0) is 30.5 Å². The molecule has 1 aliphatic heterocycles. The molecular weight excluding hydrogens is 218 g/mol. The lowest BCUT2D eigenvalue weighted by molar-refractivity contribution is 0.716. The molecule has 0 amide bonds. The number of anilines is 1. The van der Waals surface area contributed by atoms with Crippen LogP contribution in [0.25, 0.3) is 0 Å². The van der Waals surface area contributed by atoms with Gasteiger partial charge in [0.25, 0.3) is 0 Å². The maximum absolute atomic E-state index is 2.38. The van der Waals surface area contributed by atoms with Crippen LogP contribution in [0.2, 0.25) is 0 Å². The molecule has 0 saturated heterocycles. The molecule has 0 saturated carbocycles. The average molecular weight is 237 g/mol. The summed E-state index contributed by atoms with van der Waals surface area (Å²) in [6, 6.07) is 17.6. The summed E-state index contributed by atoms with van der Waals surface area (Å²) in [6.07, 6.45) is 1.14. The highest BCUT2D eigenvalue weighted by Crippen LogP contribution is 2.37. The van der Waals surface area contributed by atoms with Gasteiger partial charge in [-0.1, -0.05) is 48.0 Å². The Kier molecular flexibility index (Phi) is 2.83. The molecule has 0 aliphatic carbocycles. The number of likely N-dealkylation sites (N-methyl/N-ethyl adjacent to an activating group) is 1. The second-order valence-electron chi connectivity index (χ2n) is 5.33. The molecule has 0 aromatic heterocycles. The summed E-state index contributed by atoms with van der Waals surface area (Å²) in [7, 11) is 2.19. The molecular formula is C17H19N. The standard InChI is InChI=1S/C17H19N/c1-13-8-9-17-16(10-13)15(12-18(17)2)11-14-6-4-3-5-7-14/h3-10,15H,11-12H2,1-2H3. The molecule has 18 heavy (non-hydrogen) atoms. The Balaban J connectivity index is 1.90. The molecule has 0 radical (unpaired) electrons. The van der Waals surface area contributed by atoms with Crippen molar-refractivity contribution < 1.29 is 0 Å². The predicted octanol–water partition coefficient (Wildman–Crippen LogP) is 3.77. The quantitative estimate of drug-likeness (QED) is 0.768. The monoisotopic (exact) mass is 237 g/mol. The van der Waals surface area contributed by atoms with E-state index in [4.69, 9.17) is 0 Å². The summed E-state index contributed by atoms with van der Waals surface area (Å²) in [4.78, 5) is 2.38. The zero-order chi connectivity index (χ0) is 12.5. The number of hydrogen-bond donors (Lipinski definition) is 0. The maximum atomic E-state index is 2.38. The van der Waals surface area contributed by atoms with Gasteiger partial charge in [-0.3, -0.25) is 0 Å². The fraction of sp³-hybridized carbons (Fsp3) is 0.294. The number of aryl methyl sites for hydroxylation is 1. The minimum atomic E-state index is 0.632. The topological polar surface area (TPSA) is 3.24 Å². The van der Waals surface area contributed by atoms with Crippen LogP contribution in [-0.2, 0) is 6.42 Å². The Bertz CT molecular complexity index is 545. The Morgan fingerprint density at radius 2 is 1.89 bits per heavy atom. The van der Waals surface area contributed by atoms with E-state index in [9.17, 15) is 0 Å². The number of fused-ring (bicyclic) bond motifs is 1. The molecule has 1 nitrogen and oxygen atoms in total. The number of nitrogens with zero attached hydrogens (tertiary/aromatic N) is 1. The van der Waals surface area contributed by atoms with E-state index in [2.05, 4.69) is 67.4 Å². The van der Waals surface area contributed by atoms with Crippen molar-refractivity contribution in [3.05, 3.63) is 65.2 Å². The first-order chi connectivity index (χ1) is 8.74. The zero-order valence-corrected chi connectivity index (χ0v) is 11.1. The van der Waals surface area contributed by atoms with Crippen molar-refractivity contribution in [3.63, 3.8) is 0 Å². The molecule has 1 unspecified atom stereocenters. The van der Waals surface area contributed by atoms with Crippen molar-refractivity contribution in [1.82, 2.24) is 0 Å². The van der Waals surface area contributed by atoms with Gasteiger partial charge >= 0.3 is 0 Å². The molecule has 1 heteroatoms. The lowest BCUT2D eigenvalue weighted by Crippen LogP contribution is -2.16. The fourth-order valence-corrected chi connectivity index (χ4v) is 2.95. The van der Waals surface area contributed by atoms with Crippen LogP contribution < -0.4 is 4.90 Å². The van der Waals surface area contributed by atoms with Crippen LogP contribution in [0.5, 0.6) is 0 Å². The van der Waals surface area contributed by atoms with E-state index in [0.29, 0.717) is 5.92 Å². The predicted molar refractivity (Wildman–Crippen MR) is 77.3 cm³/mol. The summed E-state index contributed by atoms with van der Waals surface area (Å²) >= 11 is 0. The van der Waals surface area contributed by atoms with Crippen LogP contribution in [0.1, 0.15) is 22.6 Å². The Hall–Kier alpha value is -1.76. The van der Waals surface area contributed by atoms with Gasteiger partial charge in [0.1, 0.15) is 0 Å². The van der Waals surface area contributed by atoms with Crippen LogP contribution in [0, 0.1) is 6.92 Å². The first kappa shape index (κ1) is 11.3. The molecule has 0 spiro atoms. The molecule has 92 valence electrons. The Morgan fingerprint density at radius 3 is 2.67 bits per heavy atom. The van der Waals surface area contributed by atoms with Gasteiger partial charge < -0.3 is 4.90 Å². The molecule has 0 fully saturated rings. The molecule has 1 aliphatic rings. The summed E-state index contributed by atoms with van der Waals surface area (Å²) in [5.74, 6) is 0.632. The van der Waals surface area contributed by atoms with Crippen molar-refractivity contribution in [2.45, 2.75) is 19.3 Å². The van der Waals surface area contributed by atoms with E-state index >= 15 is 0 Å². The minimum Gasteiger partial charge on any atom is -0.374 e. The van der Waals surface area contributed by atoms with E-state index in [-0.39, 0.29) is 0 Å². The fourth-order valence-electron chi connectivity index (χ4n) is 2.95. The van der Waals surface area contributed by atoms with E-state index in [1.807, 2.05) is 0 Å². The van der Waals surface area contributed by atoms with Crippen LogP contribution in [0.3, 0.4) is 0 Å². The highest BCUT2D eigenvalue weighted by atomic mass is 15.1. The molecule has 2 aromatic rings. The summed E-state index contributed by atoms with van der Waals surface area (Å²) in [5.41, 5.74) is 5.72. The van der Waals surface area contributed by atoms with Gasteiger partial charge in [-0.25, -0.2) is 0 Å². The van der Waals surface area contributed by atoms with Crippen LogP contribution in [0.4, 0.5) is 5.69 Å². The van der Waals surface area contributed by atoms with Crippen molar-refractivity contribution in [2.24, 2.45) is 0 Å². The Labute approximate surface area is 109 Å². The average Bonchev–Trinajstić information content (AvgIpc) is 2.67. The molecule has 0 N–H and O–H groups in total. The van der Waals surface area contributed by atoms with Gasteiger partial charge in [0.15, 0.2) is 0 Å². The Morgan fingerprint density at radius 1 is 1.11 bits per heavy atom. The summed E-state index contributed by atoms with van der Waals surface area (Å²) in [5, 5.41) is 0. The molecule has 3 rings (SSSR count). The summed E-state index contributed by atoms with van der Waals surface area (Å²) in [6.45, 7) is 3.31. The number of rotatable bonds is 2. The largest absolute Gasteiger partial charge is 0.374 e. The number of hydrogen-bond acceptors (Lipinski definition) is 1. The van der Waals surface area contributed by atoms with E-state index < -0.39 is 0 Å². The highest BCUT2D eigenvalue weighted by Gasteiger charge is 2.26. The lowest BCUT2D eigenvalue weighted by Gasteiger charge is -2.12. The zero-order valence-electron chi connectivity index (χ0n) is 11.1. The maximum Gasteiger partial charge on any atom is 0.0400 e. The van der Waals surface area contributed by atoms with E-state index in [1.54, 1.807) is 0 Å². The molecule has 1 heterocycles. The second-order valence-corrected chi connectivity index (χ2v) is 5.33. The molecule has 0 bridgehead atoms. The van der Waals surface area contributed by atoms with Crippen LogP contribution in [-0.4, -0.2) is 13.6 Å². The van der Waals surface area contributed by atoms with Gasteiger partial charge in [-0.15, -0.1) is 0 Å². The SMILES string of the molecule is Cc1ccc2c(c1)C(Cc1ccccc1)CN2C. The highest BCUT2D eigenvalue weighted by molar-refractivity contribution is 5.61. The van der Waals surface area contributed by atoms with Crippen molar-refractivity contribution >= 4 is 5.69 Å². The van der Waals surface area contributed by atoms with E-state index in [0.717, 1.165) is 13.0 Å². The van der Waals surface area contributed by atoms with Crippen molar-refractivity contribution in [3.8, 4) is 0 Å². The van der Waals surface area contributed by atoms with Gasteiger partial charge in [-0.2, -0.15) is 0 Å². The van der Waals surface area contributed by atoms with E-state index in [1.165, 1.54) is 22.4 Å². The van der Waals surface area contributed by atoms with Crippen LogP contribution in [0.15, 0.2) is 48.5 Å². The van der Waals surface area contributed by atoms with Gasteiger partial charge in [0.2, 0.25) is 0 Å². The third-order valence-corrected chi connectivity index (χ3v) is 3.85. The molecule has 1 atom stereocenters.